The second kappa shape index (κ2) is 4.48. The van der Waals surface area contributed by atoms with Crippen LogP contribution in [-0.2, 0) is 0 Å². The Balaban J connectivity index is 2.78. The predicted octanol–water partition coefficient (Wildman–Crippen LogP) is 1.81. The van der Waals surface area contributed by atoms with Crippen LogP contribution >= 0.6 is 0 Å². The van der Waals surface area contributed by atoms with E-state index in [1.807, 2.05) is 13.8 Å². The summed E-state index contributed by atoms with van der Waals surface area (Å²) in [4.78, 5) is 11.5. The van der Waals surface area contributed by atoms with Gasteiger partial charge in [0.15, 0.2) is 0 Å². The minimum absolute atomic E-state index is 0.0661. The lowest BCUT2D eigenvalue weighted by atomic mass is 10.1. The Morgan fingerprint density at radius 1 is 1.36 bits per heavy atom. The molecule has 0 aromatic heterocycles. The van der Waals surface area contributed by atoms with Gasteiger partial charge in [0.1, 0.15) is 0 Å². The van der Waals surface area contributed by atoms with Crippen LogP contribution in [0.25, 0.3) is 0 Å². The van der Waals surface area contributed by atoms with Crippen LogP contribution in [-0.4, -0.2) is 11.9 Å². The highest BCUT2D eigenvalue weighted by atomic mass is 16.1. The zero-order valence-electron chi connectivity index (χ0n) is 8.37. The van der Waals surface area contributed by atoms with E-state index in [0.29, 0.717) is 5.56 Å². The summed E-state index contributed by atoms with van der Waals surface area (Å²) < 4.78 is 0. The van der Waals surface area contributed by atoms with E-state index in [1.165, 1.54) is 0 Å². The minimum atomic E-state index is -0.0661. The van der Waals surface area contributed by atoms with E-state index in [-0.39, 0.29) is 11.9 Å². The lowest BCUT2D eigenvalue weighted by molar-refractivity contribution is 0.0943. The Labute approximate surface area is 84.3 Å². The van der Waals surface area contributed by atoms with Gasteiger partial charge in [-0.15, -0.1) is 6.42 Å². The molecule has 2 heteroatoms. The molecule has 0 aliphatic carbocycles. The van der Waals surface area contributed by atoms with Crippen LogP contribution in [0.3, 0.4) is 0 Å². The fourth-order valence-corrected chi connectivity index (χ4v) is 1.06. The summed E-state index contributed by atoms with van der Waals surface area (Å²) in [7, 11) is 0. The molecule has 0 aliphatic rings. The van der Waals surface area contributed by atoms with Crippen LogP contribution in [0.1, 0.15) is 29.8 Å². The van der Waals surface area contributed by atoms with E-state index in [1.54, 1.807) is 24.3 Å². The number of terminal acetylenes is 1. The van der Waals surface area contributed by atoms with Crippen molar-refractivity contribution in [3.05, 3.63) is 35.4 Å². The maximum atomic E-state index is 11.5. The predicted molar refractivity (Wildman–Crippen MR) is 57.0 cm³/mol. The number of carbonyl (C=O) groups is 1. The van der Waals surface area contributed by atoms with Gasteiger partial charge in [0.2, 0.25) is 0 Å². The standard InChI is InChI=1S/C12H13NO/c1-4-10-5-7-11(8-6-10)12(14)13-9(2)3/h1,5-9H,2-3H3,(H,13,14). The van der Waals surface area contributed by atoms with Gasteiger partial charge in [0, 0.05) is 17.2 Å². The van der Waals surface area contributed by atoms with E-state index in [9.17, 15) is 4.79 Å². The Bertz CT molecular complexity index is 357. The van der Waals surface area contributed by atoms with Crippen LogP contribution in [0.5, 0.6) is 0 Å². The van der Waals surface area contributed by atoms with Crippen molar-refractivity contribution in [2.75, 3.05) is 0 Å². The van der Waals surface area contributed by atoms with Crippen molar-refractivity contribution in [1.29, 1.82) is 0 Å². The highest BCUT2D eigenvalue weighted by Crippen LogP contribution is 2.03. The van der Waals surface area contributed by atoms with Gasteiger partial charge in [0.05, 0.1) is 0 Å². The van der Waals surface area contributed by atoms with Crippen molar-refractivity contribution in [3.63, 3.8) is 0 Å². The first-order valence-electron chi connectivity index (χ1n) is 4.51. The number of amides is 1. The molecule has 0 heterocycles. The molecule has 0 aliphatic heterocycles. The minimum Gasteiger partial charge on any atom is -0.350 e. The smallest absolute Gasteiger partial charge is 0.251 e. The maximum Gasteiger partial charge on any atom is 0.251 e. The molecule has 72 valence electrons. The molecule has 0 radical (unpaired) electrons. The van der Waals surface area contributed by atoms with Crippen LogP contribution in [0.15, 0.2) is 24.3 Å². The van der Waals surface area contributed by atoms with Crippen molar-refractivity contribution in [2.24, 2.45) is 0 Å². The molecule has 0 saturated heterocycles. The van der Waals surface area contributed by atoms with Gasteiger partial charge in [-0.25, -0.2) is 0 Å². The number of benzene rings is 1. The molecule has 0 saturated carbocycles. The highest BCUT2D eigenvalue weighted by molar-refractivity contribution is 5.94. The number of hydrogen-bond acceptors (Lipinski definition) is 1. The summed E-state index contributed by atoms with van der Waals surface area (Å²) in [6, 6.07) is 7.12. The number of nitrogens with one attached hydrogen (secondary N) is 1. The van der Waals surface area contributed by atoms with Crippen LogP contribution < -0.4 is 5.32 Å². The van der Waals surface area contributed by atoms with Crippen molar-refractivity contribution in [1.82, 2.24) is 5.32 Å². The summed E-state index contributed by atoms with van der Waals surface area (Å²) >= 11 is 0. The average molecular weight is 187 g/mol. The molecule has 2 nitrogen and oxygen atoms in total. The normalized spacial score (nSPS) is 9.57. The van der Waals surface area contributed by atoms with Crippen LogP contribution in [0.4, 0.5) is 0 Å². The lowest BCUT2D eigenvalue weighted by Gasteiger charge is -2.07. The highest BCUT2D eigenvalue weighted by Gasteiger charge is 2.05. The zero-order valence-corrected chi connectivity index (χ0v) is 8.37. The zero-order chi connectivity index (χ0) is 10.6. The first-order chi connectivity index (χ1) is 6.63. The molecule has 0 spiro atoms. The van der Waals surface area contributed by atoms with Gasteiger partial charge >= 0.3 is 0 Å². The largest absolute Gasteiger partial charge is 0.350 e. The summed E-state index contributed by atoms with van der Waals surface area (Å²) in [5, 5.41) is 2.81. The quantitative estimate of drug-likeness (QED) is 0.703. The SMILES string of the molecule is C#Cc1ccc(C(=O)NC(C)C)cc1. The molecule has 0 fully saturated rings. The van der Waals surface area contributed by atoms with Gasteiger partial charge in [-0.3, -0.25) is 4.79 Å². The topological polar surface area (TPSA) is 29.1 Å². The third-order valence-corrected chi connectivity index (χ3v) is 1.73. The summed E-state index contributed by atoms with van der Waals surface area (Å²) in [6.07, 6.45) is 5.21. The molecule has 1 aromatic carbocycles. The monoisotopic (exact) mass is 187 g/mol. The van der Waals surface area contributed by atoms with E-state index in [4.69, 9.17) is 6.42 Å². The van der Waals surface area contributed by atoms with Crippen molar-refractivity contribution < 1.29 is 4.79 Å². The molecule has 1 amide bonds. The van der Waals surface area contributed by atoms with Gasteiger partial charge < -0.3 is 5.32 Å². The third-order valence-electron chi connectivity index (χ3n) is 1.73. The van der Waals surface area contributed by atoms with Gasteiger partial charge in [0.25, 0.3) is 5.91 Å². The Hall–Kier alpha value is -1.75. The number of hydrogen-bond donors (Lipinski definition) is 1. The second-order valence-corrected chi connectivity index (χ2v) is 3.35. The fourth-order valence-electron chi connectivity index (χ4n) is 1.06. The Kier molecular flexibility index (Phi) is 3.30. The average Bonchev–Trinajstić information content (AvgIpc) is 2.17. The summed E-state index contributed by atoms with van der Waals surface area (Å²) in [5.74, 6) is 2.44. The van der Waals surface area contributed by atoms with Crippen molar-refractivity contribution >= 4 is 5.91 Å². The molecule has 0 atom stereocenters. The van der Waals surface area contributed by atoms with Crippen LogP contribution in [0, 0.1) is 12.3 Å². The molecule has 1 aromatic rings. The molecular weight excluding hydrogens is 174 g/mol. The van der Waals surface area contributed by atoms with Crippen LogP contribution in [0.2, 0.25) is 0 Å². The maximum absolute atomic E-state index is 11.5. The molecular formula is C12H13NO. The second-order valence-electron chi connectivity index (χ2n) is 3.35. The molecule has 0 unspecified atom stereocenters. The van der Waals surface area contributed by atoms with Gasteiger partial charge in [-0.1, -0.05) is 5.92 Å². The number of rotatable bonds is 2. The molecule has 14 heavy (non-hydrogen) atoms. The van der Waals surface area contributed by atoms with E-state index < -0.39 is 0 Å². The third kappa shape index (κ3) is 2.63. The van der Waals surface area contributed by atoms with Crippen molar-refractivity contribution in [2.45, 2.75) is 19.9 Å². The fraction of sp³-hybridized carbons (Fsp3) is 0.250. The number of carbonyl (C=O) groups excluding carboxylic acids is 1. The first-order valence-corrected chi connectivity index (χ1v) is 4.51. The molecule has 0 bridgehead atoms. The van der Waals surface area contributed by atoms with Gasteiger partial charge in [-0.2, -0.15) is 0 Å². The van der Waals surface area contributed by atoms with Crippen molar-refractivity contribution in [3.8, 4) is 12.3 Å². The van der Waals surface area contributed by atoms with E-state index in [2.05, 4.69) is 11.2 Å². The Morgan fingerprint density at radius 3 is 2.36 bits per heavy atom. The van der Waals surface area contributed by atoms with E-state index >= 15 is 0 Å². The Morgan fingerprint density at radius 2 is 1.93 bits per heavy atom. The summed E-state index contributed by atoms with van der Waals surface area (Å²) in [5.41, 5.74) is 1.42. The molecule has 1 N–H and O–H groups in total. The first kappa shape index (κ1) is 10.3. The molecule has 1 rings (SSSR count). The van der Waals surface area contributed by atoms with E-state index in [0.717, 1.165) is 5.56 Å². The van der Waals surface area contributed by atoms with Gasteiger partial charge in [-0.05, 0) is 38.1 Å². The summed E-state index contributed by atoms with van der Waals surface area (Å²) in [6.45, 7) is 3.85. The lowest BCUT2D eigenvalue weighted by Crippen LogP contribution is -2.29.